The van der Waals surface area contributed by atoms with Crippen molar-refractivity contribution in [3.63, 3.8) is 0 Å². The lowest BCUT2D eigenvalue weighted by Crippen LogP contribution is -2.08. The van der Waals surface area contributed by atoms with Crippen molar-refractivity contribution in [3.05, 3.63) is 82.1 Å². The Labute approximate surface area is 150 Å². The minimum absolute atomic E-state index is 0.171. The molecule has 6 nitrogen and oxygen atoms in total. The van der Waals surface area contributed by atoms with Crippen molar-refractivity contribution in [1.82, 2.24) is 15.0 Å². The topological polar surface area (TPSA) is 84.7 Å². The second-order valence-electron chi connectivity index (χ2n) is 6.69. The third-order valence-electron chi connectivity index (χ3n) is 4.63. The van der Waals surface area contributed by atoms with Gasteiger partial charge in [-0.15, -0.1) is 0 Å². The number of hydrogen-bond donors (Lipinski definition) is 1. The molecule has 3 aromatic heterocycles. The quantitative estimate of drug-likeness (QED) is 0.564. The lowest BCUT2D eigenvalue weighted by molar-refractivity contribution is -0.419. The maximum Gasteiger partial charge on any atom is 0.265 e. The van der Waals surface area contributed by atoms with Crippen LogP contribution in [0.2, 0.25) is 0 Å². The molecule has 3 aromatic rings. The second kappa shape index (κ2) is 6.55. The highest BCUT2D eigenvalue weighted by molar-refractivity contribution is 5.84. The highest BCUT2D eigenvalue weighted by atomic mass is 16.6. The van der Waals surface area contributed by atoms with Gasteiger partial charge in [0.1, 0.15) is 5.65 Å². The van der Waals surface area contributed by atoms with E-state index in [0.29, 0.717) is 6.42 Å². The molecule has 1 aliphatic rings. The van der Waals surface area contributed by atoms with Gasteiger partial charge in [-0.25, -0.2) is 4.98 Å². The number of hydrogen-bond acceptors (Lipinski definition) is 4. The van der Waals surface area contributed by atoms with Crippen molar-refractivity contribution < 1.29 is 4.92 Å². The van der Waals surface area contributed by atoms with Crippen LogP contribution in [0.3, 0.4) is 0 Å². The standard InChI is InChI=1S/C20H18N4O2/c1-13-5-14(8-18(6-13)24(25)26)7-17-12-23-20-19(17)9-16(11-22-20)15-3-2-4-21-10-15/h2-4,6,8-13H,5,7H2,1H3,(H,22,23). The van der Waals surface area contributed by atoms with Crippen molar-refractivity contribution >= 4 is 11.0 Å². The number of nitro groups is 1. The van der Waals surface area contributed by atoms with Crippen LogP contribution < -0.4 is 0 Å². The Balaban J connectivity index is 1.69. The Kier molecular flexibility index (Phi) is 4.08. The van der Waals surface area contributed by atoms with Gasteiger partial charge in [-0.1, -0.05) is 18.6 Å². The van der Waals surface area contributed by atoms with E-state index in [2.05, 4.69) is 21.0 Å². The van der Waals surface area contributed by atoms with Crippen LogP contribution >= 0.6 is 0 Å². The van der Waals surface area contributed by atoms with Crippen LogP contribution in [0.1, 0.15) is 18.9 Å². The minimum Gasteiger partial charge on any atom is -0.346 e. The number of nitrogens with one attached hydrogen (secondary N) is 1. The molecule has 0 radical (unpaired) electrons. The third kappa shape index (κ3) is 3.13. The summed E-state index contributed by atoms with van der Waals surface area (Å²) in [5, 5.41) is 12.2. The van der Waals surface area contributed by atoms with E-state index < -0.39 is 0 Å². The van der Waals surface area contributed by atoms with E-state index in [0.717, 1.165) is 39.7 Å². The summed E-state index contributed by atoms with van der Waals surface area (Å²) in [5.74, 6) is 0.171. The molecule has 0 saturated carbocycles. The fourth-order valence-electron chi connectivity index (χ4n) is 3.46. The summed E-state index contributed by atoms with van der Waals surface area (Å²) >= 11 is 0. The molecule has 1 aliphatic carbocycles. The summed E-state index contributed by atoms with van der Waals surface area (Å²) in [6.45, 7) is 2.01. The maximum absolute atomic E-state index is 11.1. The molecule has 26 heavy (non-hydrogen) atoms. The Morgan fingerprint density at radius 1 is 1.35 bits per heavy atom. The van der Waals surface area contributed by atoms with Crippen LogP contribution in [0, 0.1) is 16.0 Å². The van der Waals surface area contributed by atoms with Gasteiger partial charge in [-0.2, -0.15) is 0 Å². The zero-order valence-electron chi connectivity index (χ0n) is 14.3. The molecular formula is C20H18N4O2. The van der Waals surface area contributed by atoms with Crippen molar-refractivity contribution in [1.29, 1.82) is 0 Å². The summed E-state index contributed by atoms with van der Waals surface area (Å²) < 4.78 is 0. The normalized spacial score (nSPS) is 17.0. The second-order valence-corrected chi connectivity index (χ2v) is 6.69. The Bertz CT molecular complexity index is 1030. The summed E-state index contributed by atoms with van der Waals surface area (Å²) in [5.41, 5.74) is 5.19. The number of rotatable bonds is 4. The highest BCUT2D eigenvalue weighted by Crippen LogP contribution is 2.29. The molecule has 6 heteroatoms. The number of nitrogens with zero attached hydrogens (tertiary/aromatic N) is 3. The van der Waals surface area contributed by atoms with E-state index in [4.69, 9.17) is 0 Å². The van der Waals surface area contributed by atoms with Crippen molar-refractivity contribution in [2.75, 3.05) is 0 Å². The average molecular weight is 346 g/mol. The number of H-pyrrole nitrogens is 1. The van der Waals surface area contributed by atoms with E-state index in [-0.39, 0.29) is 16.5 Å². The minimum atomic E-state index is -0.313. The van der Waals surface area contributed by atoms with E-state index >= 15 is 0 Å². The first-order valence-corrected chi connectivity index (χ1v) is 8.52. The molecule has 0 spiro atoms. The molecule has 0 fully saturated rings. The lowest BCUT2D eigenvalue weighted by atomic mass is 9.90. The molecule has 0 bridgehead atoms. The van der Waals surface area contributed by atoms with Gasteiger partial charge in [0.15, 0.2) is 0 Å². The fraction of sp³-hybridized carbons (Fsp3) is 0.200. The van der Waals surface area contributed by atoms with Crippen LogP contribution in [0.25, 0.3) is 22.2 Å². The molecule has 1 N–H and O–H groups in total. The van der Waals surface area contributed by atoms with Gasteiger partial charge in [-0.3, -0.25) is 15.1 Å². The molecule has 3 heterocycles. The smallest absolute Gasteiger partial charge is 0.265 e. The zero-order valence-corrected chi connectivity index (χ0v) is 14.3. The predicted molar refractivity (Wildman–Crippen MR) is 100.0 cm³/mol. The fourth-order valence-corrected chi connectivity index (χ4v) is 3.46. The molecule has 1 atom stereocenters. The Morgan fingerprint density at radius 3 is 3.00 bits per heavy atom. The zero-order chi connectivity index (χ0) is 18.1. The number of aromatic amines is 1. The monoisotopic (exact) mass is 346 g/mol. The number of pyridine rings is 2. The summed E-state index contributed by atoms with van der Waals surface area (Å²) in [7, 11) is 0. The van der Waals surface area contributed by atoms with Gasteiger partial charge in [0.2, 0.25) is 0 Å². The highest BCUT2D eigenvalue weighted by Gasteiger charge is 2.19. The van der Waals surface area contributed by atoms with Crippen LogP contribution in [0.15, 0.2) is 66.4 Å². The molecular weight excluding hydrogens is 328 g/mol. The lowest BCUT2D eigenvalue weighted by Gasteiger charge is -2.15. The first kappa shape index (κ1) is 16.2. The number of allylic oxidation sites excluding steroid dienone is 3. The van der Waals surface area contributed by atoms with E-state index in [1.165, 1.54) is 0 Å². The molecule has 4 rings (SSSR count). The van der Waals surface area contributed by atoms with Gasteiger partial charge in [0, 0.05) is 47.4 Å². The van der Waals surface area contributed by atoms with E-state index in [1.807, 2.05) is 37.6 Å². The van der Waals surface area contributed by atoms with Crippen molar-refractivity contribution in [2.45, 2.75) is 19.8 Å². The van der Waals surface area contributed by atoms with Gasteiger partial charge >= 0.3 is 0 Å². The Morgan fingerprint density at radius 2 is 2.23 bits per heavy atom. The molecule has 0 aliphatic heterocycles. The molecule has 130 valence electrons. The first-order valence-electron chi connectivity index (χ1n) is 8.52. The van der Waals surface area contributed by atoms with Crippen LogP contribution in [0.5, 0.6) is 0 Å². The van der Waals surface area contributed by atoms with Crippen LogP contribution in [-0.2, 0) is 6.42 Å². The Hall–Kier alpha value is -3.28. The first-order chi connectivity index (χ1) is 12.6. The largest absolute Gasteiger partial charge is 0.346 e. The number of fused-ring (bicyclic) bond motifs is 1. The van der Waals surface area contributed by atoms with E-state index in [9.17, 15) is 10.1 Å². The van der Waals surface area contributed by atoms with Crippen molar-refractivity contribution in [3.8, 4) is 11.1 Å². The van der Waals surface area contributed by atoms with Gasteiger partial charge < -0.3 is 4.98 Å². The van der Waals surface area contributed by atoms with Gasteiger partial charge in [0.05, 0.1) is 4.92 Å². The summed E-state index contributed by atoms with van der Waals surface area (Å²) in [6, 6.07) is 6.00. The van der Waals surface area contributed by atoms with Crippen LogP contribution in [-0.4, -0.2) is 19.9 Å². The van der Waals surface area contributed by atoms with E-state index in [1.54, 1.807) is 18.3 Å². The molecule has 0 aromatic carbocycles. The van der Waals surface area contributed by atoms with Gasteiger partial charge in [-0.05, 0) is 42.5 Å². The maximum atomic E-state index is 11.1. The van der Waals surface area contributed by atoms with Gasteiger partial charge in [0.25, 0.3) is 5.70 Å². The molecule has 1 unspecified atom stereocenters. The SMILES string of the molecule is CC1C=C([N+](=O)[O-])C=C(Cc2c[nH]c3ncc(-c4cccnc4)cc23)C1. The van der Waals surface area contributed by atoms with Crippen molar-refractivity contribution in [2.24, 2.45) is 5.92 Å². The molecule has 0 amide bonds. The predicted octanol–water partition coefficient (Wildman–Crippen LogP) is 4.29. The van der Waals surface area contributed by atoms with Crippen LogP contribution in [0.4, 0.5) is 0 Å². The summed E-state index contributed by atoms with van der Waals surface area (Å²) in [4.78, 5) is 22.7. The number of aromatic nitrogens is 3. The molecule has 0 saturated heterocycles. The summed E-state index contributed by atoms with van der Waals surface area (Å²) in [6.07, 6.45) is 12.3. The third-order valence-corrected chi connectivity index (χ3v) is 4.63. The average Bonchev–Trinajstić information content (AvgIpc) is 3.04.